The molecule has 4 unspecified atom stereocenters. The van der Waals surface area contributed by atoms with E-state index in [-0.39, 0.29) is 0 Å². The lowest BCUT2D eigenvalue weighted by molar-refractivity contribution is -0.114. The second-order valence-corrected chi connectivity index (χ2v) is 9.59. The van der Waals surface area contributed by atoms with Gasteiger partial charge in [0, 0.05) is 31.6 Å². The summed E-state index contributed by atoms with van der Waals surface area (Å²) in [6, 6.07) is 22.5. The van der Waals surface area contributed by atoms with E-state index in [1.165, 1.54) is 24.0 Å². The van der Waals surface area contributed by atoms with Gasteiger partial charge in [0.1, 0.15) is 0 Å². The summed E-state index contributed by atoms with van der Waals surface area (Å²) in [5.74, 6) is 3.06. The van der Waals surface area contributed by atoms with Crippen molar-refractivity contribution >= 4 is 0 Å². The monoisotopic (exact) mass is 376 g/mol. The minimum Gasteiger partial charge on any atom is -0.315 e. The molecule has 0 heterocycles. The van der Waals surface area contributed by atoms with Crippen LogP contribution in [-0.4, -0.2) is 25.7 Å². The fraction of sp³-hybridized carbons (Fsp3) is 0.538. The third-order valence-electron chi connectivity index (χ3n) is 7.81. The first kappa shape index (κ1) is 19.7. The summed E-state index contributed by atoms with van der Waals surface area (Å²) in [6.07, 6.45) is 2.82. The molecule has 5 rings (SSSR count). The van der Waals surface area contributed by atoms with Crippen molar-refractivity contribution in [3.05, 3.63) is 71.8 Å². The predicted octanol–water partition coefficient (Wildman–Crippen LogP) is 5.07. The quantitative estimate of drug-likeness (QED) is 0.629. The molecule has 2 aromatic rings. The number of hydrogen-bond acceptors (Lipinski definition) is 2. The van der Waals surface area contributed by atoms with Crippen LogP contribution in [0.3, 0.4) is 0 Å². The normalized spacial score (nSPS) is 28.1. The Bertz CT molecular complexity index is 700. The molecule has 2 heteroatoms. The second kappa shape index (κ2) is 8.39. The van der Waals surface area contributed by atoms with Crippen LogP contribution in [0.15, 0.2) is 60.7 Å². The van der Waals surface area contributed by atoms with E-state index >= 15 is 0 Å². The van der Waals surface area contributed by atoms with Crippen LogP contribution in [0.2, 0.25) is 0 Å². The van der Waals surface area contributed by atoms with E-state index in [1.807, 2.05) is 0 Å². The van der Waals surface area contributed by atoms with Crippen molar-refractivity contribution in [1.29, 1.82) is 0 Å². The standard InChI is InChI=1S/C26H36N2/c1-19-24-16-22(26(24,2)3)17-25(19)28-15-14-27-18-23(20-10-6-4-7-11-20)21-12-8-5-9-13-21/h4-13,19,22-25,27-28H,14-18H2,1-3H3. The SMILES string of the molecule is CC1C(NCCNCC(c2ccccc2)c2ccccc2)CC2CC1C2(C)C. The lowest BCUT2D eigenvalue weighted by Crippen LogP contribution is -2.60. The third kappa shape index (κ3) is 3.90. The maximum absolute atomic E-state index is 3.86. The molecule has 2 nitrogen and oxygen atoms in total. The first-order chi connectivity index (χ1) is 13.6. The molecule has 150 valence electrons. The Morgan fingerprint density at radius 2 is 1.50 bits per heavy atom. The number of nitrogens with one attached hydrogen (secondary N) is 2. The molecule has 0 radical (unpaired) electrons. The summed E-state index contributed by atoms with van der Waals surface area (Å²) in [6.45, 7) is 10.5. The van der Waals surface area contributed by atoms with Crippen LogP contribution in [-0.2, 0) is 0 Å². The van der Waals surface area contributed by atoms with Crippen molar-refractivity contribution in [1.82, 2.24) is 10.6 Å². The van der Waals surface area contributed by atoms with Gasteiger partial charge >= 0.3 is 0 Å². The summed E-state index contributed by atoms with van der Waals surface area (Å²) in [4.78, 5) is 0. The van der Waals surface area contributed by atoms with Crippen LogP contribution in [0.4, 0.5) is 0 Å². The molecule has 3 aliphatic carbocycles. The van der Waals surface area contributed by atoms with Crippen LogP contribution in [0, 0.1) is 23.2 Å². The predicted molar refractivity (Wildman–Crippen MR) is 119 cm³/mol. The molecule has 3 saturated carbocycles. The Morgan fingerprint density at radius 3 is 2.04 bits per heavy atom. The van der Waals surface area contributed by atoms with Gasteiger partial charge in [-0.3, -0.25) is 0 Å². The number of benzene rings is 2. The largest absolute Gasteiger partial charge is 0.315 e. The van der Waals surface area contributed by atoms with Crippen molar-refractivity contribution in [2.75, 3.05) is 19.6 Å². The highest BCUT2D eigenvalue weighted by Gasteiger charge is 2.55. The number of rotatable bonds is 8. The molecule has 0 amide bonds. The molecule has 3 fully saturated rings. The van der Waals surface area contributed by atoms with E-state index < -0.39 is 0 Å². The topological polar surface area (TPSA) is 24.1 Å². The highest BCUT2D eigenvalue weighted by Crippen LogP contribution is 2.61. The van der Waals surface area contributed by atoms with Crippen LogP contribution < -0.4 is 10.6 Å². The maximum Gasteiger partial charge on any atom is 0.0214 e. The van der Waals surface area contributed by atoms with Crippen molar-refractivity contribution in [2.45, 2.75) is 45.6 Å². The van der Waals surface area contributed by atoms with Gasteiger partial charge in [-0.2, -0.15) is 0 Å². The first-order valence-corrected chi connectivity index (χ1v) is 11.1. The van der Waals surface area contributed by atoms with E-state index in [9.17, 15) is 0 Å². The first-order valence-electron chi connectivity index (χ1n) is 11.1. The second-order valence-electron chi connectivity index (χ2n) is 9.59. The van der Waals surface area contributed by atoms with Crippen molar-refractivity contribution < 1.29 is 0 Å². The van der Waals surface area contributed by atoms with E-state index in [4.69, 9.17) is 0 Å². The fourth-order valence-corrected chi connectivity index (χ4v) is 5.81. The Hall–Kier alpha value is -1.64. The Morgan fingerprint density at radius 1 is 0.893 bits per heavy atom. The third-order valence-corrected chi connectivity index (χ3v) is 7.81. The zero-order valence-electron chi connectivity index (χ0n) is 17.7. The van der Waals surface area contributed by atoms with Gasteiger partial charge in [-0.15, -0.1) is 0 Å². The zero-order valence-corrected chi connectivity index (χ0v) is 17.7. The summed E-state index contributed by atoms with van der Waals surface area (Å²) in [5, 5.41) is 7.57. The molecule has 2 bridgehead atoms. The van der Waals surface area contributed by atoms with Crippen molar-refractivity contribution in [3.63, 3.8) is 0 Å². The molecule has 0 spiro atoms. The van der Waals surface area contributed by atoms with Gasteiger partial charge in [-0.1, -0.05) is 81.4 Å². The van der Waals surface area contributed by atoms with Gasteiger partial charge < -0.3 is 10.6 Å². The van der Waals surface area contributed by atoms with Crippen LogP contribution in [0.25, 0.3) is 0 Å². The molecular weight excluding hydrogens is 340 g/mol. The minimum absolute atomic E-state index is 0.407. The Labute approximate surface area is 171 Å². The highest BCUT2D eigenvalue weighted by molar-refractivity contribution is 5.32. The van der Waals surface area contributed by atoms with Gasteiger partial charge in [0.25, 0.3) is 0 Å². The zero-order chi connectivity index (χ0) is 19.6. The molecule has 2 N–H and O–H groups in total. The summed E-state index contributed by atoms with van der Waals surface area (Å²) in [5.41, 5.74) is 3.35. The van der Waals surface area contributed by atoms with Crippen LogP contribution in [0.1, 0.15) is 50.7 Å². The smallest absolute Gasteiger partial charge is 0.0214 e. The lowest BCUT2D eigenvalue weighted by Gasteiger charge is -2.62. The van der Waals surface area contributed by atoms with Crippen molar-refractivity contribution in [3.8, 4) is 0 Å². The van der Waals surface area contributed by atoms with Crippen molar-refractivity contribution in [2.24, 2.45) is 23.2 Å². The van der Waals surface area contributed by atoms with Gasteiger partial charge in [-0.25, -0.2) is 0 Å². The van der Waals surface area contributed by atoms with Gasteiger partial charge in [0.2, 0.25) is 0 Å². The molecule has 28 heavy (non-hydrogen) atoms. The molecule has 2 aromatic carbocycles. The molecule has 4 atom stereocenters. The van der Waals surface area contributed by atoms with Gasteiger partial charge in [-0.05, 0) is 47.1 Å². The molecule has 3 aliphatic rings. The van der Waals surface area contributed by atoms with E-state index in [2.05, 4.69) is 92.1 Å². The Kier molecular flexibility index (Phi) is 5.89. The van der Waals surface area contributed by atoms with E-state index in [0.29, 0.717) is 17.4 Å². The fourth-order valence-electron chi connectivity index (χ4n) is 5.81. The Balaban J connectivity index is 1.27. The minimum atomic E-state index is 0.407. The molecular formula is C26H36N2. The van der Waals surface area contributed by atoms with E-state index in [1.54, 1.807) is 0 Å². The van der Waals surface area contributed by atoms with Crippen LogP contribution in [0.5, 0.6) is 0 Å². The molecule has 0 aliphatic heterocycles. The summed E-state index contributed by atoms with van der Waals surface area (Å²) in [7, 11) is 0. The average molecular weight is 377 g/mol. The van der Waals surface area contributed by atoms with Gasteiger partial charge in [0.15, 0.2) is 0 Å². The average Bonchev–Trinajstić information content (AvgIpc) is 2.72. The number of hydrogen-bond donors (Lipinski definition) is 2. The highest BCUT2D eigenvalue weighted by atomic mass is 15.0. The lowest BCUT2D eigenvalue weighted by atomic mass is 9.45. The maximum atomic E-state index is 3.86. The van der Waals surface area contributed by atoms with Crippen LogP contribution >= 0.6 is 0 Å². The molecule has 0 saturated heterocycles. The van der Waals surface area contributed by atoms with E-state index in [0.717, 1.165) is 37.4 Å². The number of fused-ring (bicyclic) bond motifs is 2. The summed E-state index contributed by atoms with van der Waals surface area (Å²) < 4.78 is 0. The molecule has 0 aromatic heterocycles. The summed E-state index contributed by atoms with van der Waals surface area (Å²) >= 11 is 0. The van der Waals surface area contributed by atoms with Gasteiger partial charge in [0.05, 0.1) is 0 Å².